The number of rotatable bonds is 0. The average molecular weight is 241 g/mol. The third kappa shape index (κ3) is 1.30. The van der Waals surface area contributed by atoms with Crippen molar-refractivity contribution in [3.63, 3.8) is 0 Å². The van der Waals surface area contributed by atoms with Gasteiger partial charge in [0.05, 0.1) is 10.2 Å². The van der Waals surface area contributed by atoms with E-state index in [9.17, 15) is 0 Å². The van der Waals surface area contributed by atoms with Crippen molar-refractivity contribution in [1.82, 2.24) is 15.0 Å². The van der Waals surface area contributed by atoms with E-state index in [1.54, 1.807) is 17.7 Å². The quantitative estimate of drug-likeness (QED) is 0.607. The van der Waals surface area contributed by atoms with Crippen molar-refractivity contribution in [3.05, 3.63) is 29.8 Å². The first-order chi connectivity index (χ1) is 8.43. The van der Waals surface area contributed by atoms with Crippen LogP contribution in [-0.4, -0.2) is 15.0 Å². The molecule has 0 fully saturated rings. The zero-order chi connectivity index (χ0) is 11.2. The van der Waals surface area contributed by atoms with Gasteiger partial charge < -0.3 is 0 Å². The molecule has 0 radical (unpaired) electrons. The van der Waals surface area contributed by atoms with Gasteiger partial charge in [-0.15, -0.1) is 11.3 Å². The lowest BCUT2D eigenvalue weighted by atomic mass is 9.91. The lowest BCUT2D eigenvalue weighted by molar-refractivity contribution is 0.688. The van der Waals surface area contributed by atoms with Gasteiger partial charge in [-0.1, -0.05) is 0 Å². The van der Waals surface area contributed by atoms with Gasteiger partial charge in [-0.2, -0.15) is 0 Å². The molecule has 4 rings (SSSR count). The standard InChI is InChI=1S/C13H11N3S/c1-2-4-9-8(3-1)5-15-13-11(9)12-10(17-13)6-14-7-16-12/h5-7H,1-4H2. The van der Waals surface area contributed by atoms with Gasteiger partial charge in [0.2, 0.25) is 0 Å². The van der Waals surface area contributed by atoms with Crippen molar-refractivity contribution >= 4 is 31.8 Å². The lowest BCUT2D eigenvalue weighted by Gasteiger charge is -2.15. The molecule has 3 aromatic heterocycles. The summed E-state index contributed by atoms with van der Waals surface area (Å²) in [5.41, 5.74) is 3.99. The SMILES string of the molecule is c1ncc2sc3ncc4c(c3c2n1)CCCC4. The highest BCUT2D eigenvalue weighted by atomic mass is 32.1. The molecule has 0 aliphatic heterocycles. The molecule has 17 heavy (non-hydrogen) atoms. The van der Waals surface area contributed by atoms with Crippen LogP contribution in [0.25, 0.3) is 20.4 Å². The Morgan fingerprint density at radius 2 is 2.00 bits per heavy atom. The van der Waals surface area contributed by atoms with E-state index in [1.807, 2.05) is 6.20 Å². The van der Waals surface area contributed by atoms with Crippen molar-refractivity contribution in [2.45, 2.75) is 25.7 Å². The normalized spacial score (nSPS) is 15.3. The molecule has 0 amide bonds. The summed E-state index contributed by atoms with van der Waals surface area (Å²) in [7, 11) is 0. The second kappa shape index (κ2) is 3.47. The van der Waals surface area contributed by atoms with Crippen LogP contribution in [0.1, 0.15) is 24.0 Å². The van der Waals surface area contributed by atoms with Crippen LogP contribution in [0.2, 0.25) is 0 Å². The second-order valence-corrected chi connectivity index (χ2v) is 5.52. The number of hydrogen-bond donors (Lipinski definition) is 0. The molecule has 3 aromatic rings. The van der Waals surface area contributed by atoms with Crippen LogP contribution < -0.4 is 0 Å². The van der Waals surface area contributed by atoms with Crippen LogP contribution in [0.3, 0.4) is 0 Å². The number of nitrogens with zero attached hydrogens (tertiary/aromatic N) is 3. The molecule has 0 atom stereocenters. The summed E-state index contributed by atoms with van der Waals surface area (Å²) < 4.78 is 1.15. The highest BCUT2D eigenvalue weighted by Crippen LogP contribution is 2.36. The van der Waals surface area contributed by atoms with Gasteiger partial charge in [-0.25, -0.2) is 15.0 Å². The highest BCUT2D eigenvalue weighted by Gasteiger charge is 2.17. The summed E-state index contributed by atoms with van der Waals surface area (Å²) in [5.74, 6) is 0. The molecule has 0 unspecified atom stereocenters. The fourth-order valence-corrected chi connectivity index (χ4v) is 3.69. The molecule has 1 aliphatic carbocycles. The van der Waals surface area contributed by atoms with E-state index in [0.717, 1.165) is 15.0 Å². The summed E-state index contributed by atoms with van der Waals surface area (Å²) in [5, 5.41) is 1.28. The molecule has 84 valence electrons. The average Bonchev–Trinajstić information content (AvgIpc) is 2.77. The van der Waals surface area contributed by atoms with Crippen molar-refractivity contribution in [1.29, 1.82) is 0 Å². The van der Waals surface area contributed by atoms with E-state index in [2.05, 4.69) is 21.1 Å². The van der Waals surface area contributed by atoms with Crippen LogP contribution in [0.15, 0.2) is 18.7 Å². The minimum absolute atomic E-state index is 1.09. The maximum atomic E-state index is 4.58. The lowest BCUT2D eigenvalue weighted by Crippen LogP contribution is -2.03. The molecule has 0 saturated carbocycles. The Bertz CT molecular complexity index is 717. The minimum atomic E-state index is 1.09. The second-order valence-electron chi connectivity index (χ2n) is 4.49. The highest BCUT2D eigenvalue weighted by molar-refractivity contribution is 7.25. The van der Waals surface area contributed by atoms with Crippen molar-refractivity contribution < 1.29 is 0 Å². The van der Waals surface area contributed by atoms with Gasteiger partial charge >= 0.3 is 0 Å². The van der Waals surface area contributed by atoms with Gasteiger partial charge in [0.1, 0.15) is 11.2 Å². The number of aryl methyl sites for hydroxylation is 2. The van der Waals surface area contributed by atoms with Crippen molar-refractivity contribution in [2.24, 2.45) is 0 Å². The van der Waals surface area contributed by atoms with Gasteiger partial charge in [-0.3, -0.25) is 0 Å². The molecule has 0 aromatic carbocycles. The van der Waals surface area contributed by atoms with E-state index in [4.69, 9.17) is 0 Å². The van der Waals surface area contributed by atoms with E-state index in [-0.39, 0.29) is 0 Å². The smallest absolute Gasteiger partial charge is 0.126 e. The van der Waals surface area contributed by atoms with E-state index in [1.165, 1.54) is 42.2 Å². The van der Waals surface area contributed by atoms with E-state index >= 15 is 0 Å². The summed E-state index contributed by atoms with van der Waals surface area (Å²) in [4.78, 5) is 14.2. The summed E-state index contributed by atoms with van der Waals surface area (Å²) in [6, 6.07) is 0. The fraction of sp³-hybridized carbons (Fsp3) is 0.308. The van der Waals surface area contributed by atoms with Crippen LogP contribution in [0, 0.1) is 0 Å². The third-order valence-corrected chi connectivity index (χ3v) is 4.51. The molecule has 0 saturated heterocycles. The molecule has 0 spiro atoms. The van der Waals surface area contributed by atoms with Gasteiger partial charge in [0.25, 0.3) is 0 Å². The Balaban J connectivity index is 2.20. The summed E-state index contributed by atoms with van der Waals surface area (Å²) in [6.45, 7) is 0. The zero-order valence-electron chi connectivity index (χ0n) is 9.31. The summed E-state index contributed by atoms with van der Waals surface area (Å²) in [6.07, 6.45) is 10.5. The first-order valence-corrected chi connectivity index (χ1v) is 6.74. The Morgan fingerprint density at radius 3 is 3.00 bits per heavy atom. The minimum Gasteiger partial charge on any atom is -0.245 e. The number of thiophene rings is 1. The van der Waals surface area contributed by atoms with Crippen LogP contribution in [0.4, 0.5) is 0 Å². The Hall–Kier alpha value is -1.55. The first-order valence-electron chi connectivity index (χ1n) is 5.92. The predicted molar refractivity (Wildman–Crippen MR) is 69.4 cm³/mol. The van der Waals surface area contributed by atoms with Gasteiger partial charge in [0, 0.05) is 17.8 Å². The van der Waals surface area contributed by atoms with Gasteiger partial charge in [0.15, 0.2) is 0 Å². The van der Waals surface area contributed by atoms with Crippen molar-refractivity contribution in [3.8, 4) is 0 Å². The van der Waals surface area contributed by atoms with Crippen LogP contribution in [-0.2, 0) is 12.8 Å². The van der Waals surface area contributed by atoms with Gasteiger partial charge in [-0.05, 0) is 36.8 Å². The van der Waals surface area contributed by atoms with Crippen LogP contribution in [0.5, 0.6) is 0 Å². The molecule has 4 heteroatoms. The molecular weight excluding hydrogens is 230 g/mol. The number of aromatic nitrogens is 3. The molecule has 0 N–H and O–H groups in total. The number of fused-ring (bicyclic) bond motifs is 5. The fourth-order valence-electron chi connectivity index (χ4n) is 2.69. The zero-order valence-corrected chi connectivity index (χ0v) is 10.1. The van der Waals surface area contributed by atoms with Crippen molar-refractivity contribution in [2.75, 3.05) is 0 Å². The summed E-state index contributed by atoms with van der Waals surface area (Å²) >= 11 is 1.70. The topological polar surface area (TPSA) is 38.7 Å². The van der Waals surface area contributed by atoms with Crippen LogP contribution >= 0.6 is 11.3 Å². The van der Waals surface area contributed by atoms with E-state index in [0.29, 0.717) is 0 Å². The van der Waals surface area contributed by atoms with E-state index < -0.39 is 0 Å². The third-order valence-electron chi connectivity index (χ3n) is 3.49. The maximum absolute atomic E-state index is 4.58. The Labute approximate surface area is 103 Å². The maximum Gasteiger partial charge on any atom is 0.126 e. The number of hydrogen-bond acceptors (Lipinski definition) is 4. The molecule has 0 bridgehead atoms. The number of pyridine rings is 1. The molecule has 1 aliphatic rings. The molecule has 3 heterocycles. The monoisotopic (exact) mass is 241 g/mol. The Kier molecular flexibility index (Phi) is 1.93. The molecule has 3 nitrogen and oxygen atoms in total. The first kappa shape index (κ1) is 9.48. The Morgan fingerprint density at radius 1 is 1.06 bits per heavy atom. The molecular formula is C13H11N3S. The predicted octanol–water partition coefficient (Wildman–Crippen LogP) is 3.12. The largest absolute Gasteiger partial charge is 0.245 e.